The van der Waals surface area contributed by atoms with Crippen LogP contribution in [0.25, 0.3) is 0 Å². The van der Waals surface area contributed by atoms with Gasteiger partial charge in [-0.05, 0) is 62.7 Å². The summed E-state index contributed by atoms with van der Waals surface area (Å²) in [6.07, 6.45) is 2.30. The number of rotatable bonds is 8. The zero-order chi connectivity index (χ0) is 26.0. The van der Waals surface area contributed by atoms with Gasteiger partial charge in [0.2, 0.25) is 0 Å². The van der Waals surface area contributed by atoms with Crippen LogP contribution in [0.1, 0.15) is 50.2 Å². The fourth-order valence-corrected chi connectivity index (χ4v) is 4.61. The molecule has 0 aliphatic carbocycles. The monoisotopic (exact) mass is 507 g/mol. The minimum Gasteiger partial charge on any atom is -0.495 e. The van der Waals surface area contributed by atoms with Crippen molar-refractivity contribution in [1.82, 2.24) is 4.90 Å². The molecule has 0 saturated carbocycles. The Morgan fingerprint density at radius 2 is 1.80 bits per heavy atom. The number of methoxy groups -OCH3 is 1. The standard InChI is InChI=1S/C24H32ClNO3.C2H2O4/c1-4-26(5-2)15-8-14-24(27)19(18-11-12-21(25)23(17-18)28-3)13-16-29-22-10-7-6-9-20(22)24;3-1(4)2(5)6/h6-7,9-12,17,19,27H,4-5,8,13-16H2,1-3H3;(H,3,4)(H,5,6). The van der Waals surface area contributed by atoms with Gasteiger partial charge in [0.25, 0.3) is 0 Å². The molecule has 8 nitrogen and oxygen atoms in total. The Balaban J connectivity index is 0.000000641. The van der Waals surface area contributed by atoms with Crippen LogP contribution >= 0.6 is 11.6 Å². The Hall–Kier alpha value is -2.81. The Kier molecular flexibility index (Phi) is 10.8. The van der Waals surface area contributed by atoms with E-state index in [1.807, 2.05) is 42.5 Å². The van der Waals surface area contributed by atoms with Crippen molar-refractivity contribution in [3.63, 3.8) is 0 Å². The zero-order valence-electron chi connectivity index (χ0n) is 20.4. The average Bonchev–Trinajstić information content (AvgIpc) is 2.99. The summed E-state index contributed by atoms with van der Waals surface area (Å²) in [7, 11) is 1.62. The van der Waals surface area contributed by atoms with Crippen LogP contribution in [0.15, 0.2) is 42.5 Å². The minimum atomic E-state index is -1.82. The van der Waals surface area contributed by atoms with Crippen molar-refractivity contribution in [2.45, 2.75) is 44.6 Å². The van der Waals surface area contributed by atoms with Crippen LogP contribution in [0, 0.1) is 0 Å². The van der Waals surface area contributed by atoms with Gasteiger partial charge in [0.1, 0.15) is 17.1 Å². The molecule has 3 rings (SSSR count). The van der Waals surface area contributed by atoms with Crippen LogP contribution in [-0.4, -0.2) is 65.5 Å². The predicted octanol–water partition coefficient (Wildman–Crippen LogP) is 4.38. The highest BCUT2D eigenvalue weighted by Gasteiger charge is 2.42. The number of nitrogens with zero attached hydrogens (tertiary/aromatic N) is 1. The first-order chi connectivity index (χ1) is 16.7. The summed E-state index contributed by atoms with van der Waals surface area (Å²) >= 11 is 6.25. The first kappa shape index (κ1) is 28.4. The third kappa shape index (κ3) is 7.34. The van der Waals surface area contributed by atoms with Crippen molar-refractivity contribution in [1.29, 1.82) is 0 Å². The lowest BCUT2D eigenvalue weighted by Crippen LogP contribution is -2.35. The summed E-state index contributed by atoms with van der Waals surface area (Å²) in [5, 5.41) is 27.5. The van der Waals surface area contributed by atoms with Crippen molar-refractivity contribution >= 4 is 23.5 Å². The minimum absolute atomic E-state index is 0.103. The van der Waals surface area contributed by atoms with Gasteiger partial charge in [-0.15, -0.1) is 0 Å². The fraction of sp³-hybridized carbons (Fsp3) is 0.462. The molecule has 35 heavy (non-hydrogen) atoms. The Bertz CT molecular complexity index is 983. The molecule has 9 heteroatoms. The van der Waals surface area contributed by atoms with E-state index in [0.717, 1.165) is 49.4 Å². The first-order valence-corrected chi connectivity index (χ1v) is 12.0. The number of ether oxygens (including phenoxy) is 2. The number of fused-ring (bicyclic) bond motifs is 1. The Morgan fingerprint density at radius 3 is 2.40 bits per heavy atom. The van der Waals surface area contributed by atoms with E-state index in [9.17, 15) is 5.11 Å². The van der Waals surface area contributed by atoms with Crippen LogP contribution in [-0.2, 0) is 15.2 Å². The van der Waals surface area contributed by atoms with Crippen molar-refractivity contribution < 1.29 is 34.4 Å². The van der Waals surface area contributed by atoms with E-state index in [1.54, 1.807) is 7.11 Å². The van der Waals surface area contributed by atoms with Crippen molar-refractivity contribution in [2.75, 3.05) is 33.4 Å². The fourth-order valence-electron chi connectivity index (χ4n) is 4.42. The van der Waals surface area contributed by atoms with Gasteiger partial charge in [-0.3, -0.25) is 0 Å². The molecule has 0 amide bonds. The highest BCUT2D eigenvalue weighted by atomic mass is 35.5. The third-order valence-electron chi connectivity index (χ3n) is 6.28. The maximum Gasteiger partial charge on any atom is 0.414 e. The lowest BCUT2D eigenvalue weighted by Gasteiger charge is -2.36. The molecule has 3 N–H and O–H groups in total. The number of carbonyl (C=O) groups is 2. The quantitative estimate of drug-likeness (QED) is 0.451. The molecule has 0 aromatic heterocycles. The van der Waals surface area contributed by atoms with Gasteiger partial charge in [0.15, 0.2) is 0 Å². The summed E-state index contributed by atoms with van der Waals surface area (Å²) in [4.78, 5) is 20.6. The van der Waals surface area contributed by atoms with Crippen LogP contribution < -0.4 is 9.47 Å². The van der Waals surface area contributed by atoms with Crippen LogP contribution in [0.3, 0.4) is 0 Å². The van der Waals surface area contributed by atoms with Gasteiger partial charge in [0.05, 0.1) is 18.7 Å². The highest BCUT2D eigenvalue weighted by Crippen LogP contribution is 2.48. The van der Waals surface area contributed by atoms with Gasteiger partial charge in [-0.2, -0.15) is 0 Å². The normalized spacial score (nSPS) is 19.0. The molecule has 0 radical (unpaired) electrons. The summed E-state index contributed by atoms with van der Waals surface area (Å²) in [5.74, 6) is -2.34. The Morgan fingerprint density at radius 1 is 1.14 bits per heavy atom. The number of hydrogen-bond donors (Lipinski definition) is 3. The summed E-state index contributed by atoms with van der Waals surface area (Å²) in [5.41, 5.74) is 0.881. The van der Waals surface area contributed by atoms with Crippen molar-refractivity contribution in [2.24, 2.45) is 0 Å². The largest absolute Gasteiger partial charge is 0.495 e. The van der Waals surface area contributed by atoms with Crippen molar-refractivity contribution in [3.8, 4) is 11.5 Å². The molecule has 192 valence electrons. The number of para-hydroxylation sites is 1. The number of aliphatic carboxylic acids is 2. The molecular formula is C26H34ClNO7. The lowest BCUT2D eigenvalue weighted by molar-refractivity contribution is -0.159. The zero-order valence-corrected chi connectivity index (χ0v) is 21.1. The molecule has 2 aromatic rings. The summed E-state index contributed by atoms with van der Waals surface area (Å²) < 4.78 is 11.5. The van der Waals surface area contributed by atoms with Gasteiger partial charge in [0, 0.05) is 11.5 Å². The SMILES string of the molecule is CCN(CC)CCCC1(O)c2ccccc2OCCC1c1ccc(Cl)c(OC)c1.O=C(O)C(=O)O. The molecule has 0 spiro atoms. The van der Waals surface area contributed by atoms with Crippen molar-refractivity contribution in [3.05, 3.63) is 58.6 Å². The average molecular weight is 508 g/mol. The smallest absolute Gasteiger partial charge is 0.414 e. The predicted molar refractivity (Wildman–Crippen MR) is 133 cm³/mol. The molecule has 1 aliphatic rings. The van der Waals surface area contributed by atoms with E-state index < -0.39 is 17.5 Å². The third-order valence-corrected chi connectivity index (χ3v) is 6.59. The van der Waals surface area contributed by atoms with E-state index in [1.165, 1.54) is 0 Å². The number of benzene rings is 2. The number of carboxylic acids is 2. The summed E-state index contributed by atoms with van der Waals surface area (Å²) in [6.45, 7) is 7.92. The van der Waals surface area contributed by atoms with Crippen LogP contribution in [0.2, 0.25) is 5.02 Å². The molecule has 1 aliphatic heterocycles. The van der Waals surface area contributed by atoms with E-state index in [4.69, 9.17) is 40.9 Å². The molecule has 2 aromatic carbocycles. The van der Waals surface area contributed by atoms with Crippen LogP contribution in [0.4, 0.5) is 0 Å². The van der Waals surface area contributed by atoms with E-state index in [0.29, 0.717) is 23.8 Å². The Labute approximate surface area is 211 Å². The van der Waals surface area contributed by atoms with Gasteiger partial charge in [-0.1, -0.05) is 49.7 Å². The molecular weight excluding hydrogens is 474 g/mol. The van der Waals surface area contributed by atoms with E-state index in [-0.39, 0.29) is 5.92 Å². The number of aliphatic hydroxyl groups is 1. The van der Waals surface area contributed by atoms with Gasteiger partial charge >= 0.3 is 11.9 Å². The van der Waals surface area contributed by atoms with Gasteiger partial charge < -0.3 is 29.7 Å². The van der Waals surface area contributed by atoms with E-state index in [2.05, 4.69) is 18.7 Å². The second-order valence-electron chi connectivity index (χ2n) is 8.24. The molecule has 2 atom stereocenters. The first-order valence-electron chi connectivity index (χ1n) is 11.6. The number of hydrogen-bond acceptors (Lipinski definition) is 6. The van der Waals surface area contributed by atoms with Crippen LogP contribution in [0.5, 0.6) is 11.5 Å². The number of carboxylic acid groups (broad SMARTS) is 2. The summed E-state index contributed by atoms with van der Waals surface area (Å²) in [6, 6.07) is 13.7. The molecule has 0 fully saturated rings. The lowest BCUT2D eigenvalue weighted by atomic mass is 9.73. The van der Waals surface area contributed by atoms with E-state index >= 15 is 0 Å². The second kappa shape index (κ2) is 13.3. The maximum absolute atomic E-state index is 12.1. The molecule has 1 heterocycles. The molecule has 0 saturated heterocycles. The topological polar surface area (TPSA) is 117 Å². The van der Waals surface area contributed by atoms with Gasteiger partial charge in [-0.25, -0.2) is 9.59 Å². The highest BCUT2D eigenvalue weighted by molar-refractivity contribution is 6.32. The molecule has 0 bridgehead atoms. The number of halogens is 1. The maximum atomic E-state index is 12.1. The second-order valence-corrected chi connectivity index (χ2v) is 8.65. The molecule has 2 unspecified atom stereocenters.